The minimum Gasteiger partial charge on any atom is -0.484 e. The number of hydrogen-bond donors (Lipinski definition) is 2. The number of halogens is 2. The molecule has 3 fully saturated rings. The summed E-state index contributed by atoms with van der Waals surface area (Å²) >= 11 is 5.64. The van der Waals surface area contributed by atoms with Gasteiger partial charge in [0, 0.05) is 22.8 Å². The van der Waals surface area contributed by atoms with E-state index in [9.17, 15) is 14.0 Å². The number of carbonyl (C=O) groups is 2. The molecule has 2 aromatic rings. The van der Waals surface area contributed by atoms with Crippen LogP contribution in [0.3, 0.4) is 0 Å². The molecule has 4 aliphatic carbocycles. The van der Waals surface area contributed by atoms with E-state index in [-0.39, 0.29) is 40.3 Å². The predicted octanol–water partition coefficient (Wildman–Crippen LogP) is 3.35. The molecule has 6 rings (SSSR count). The van der Waals surface area contributed by atoms with Crippen molar-refractivity contribution in [1.29, 1.82) is 0 Å². The summed E-state index contributed by atoms with van der Waals surface area (Å²) in [4.78, 5) is 29.5. The fourth-order valence-corrected chi connectivity index (χ4v) is 5.23. The van der Waals surface area contributed by atoms with Crippen molar-refractivity contribution in [2.75, 3.05) is 6.61 Å². The topological polar surface area (TPSA) is 80.3 Å². The lowest BCUT2D eigenvalue weighted by atomic mass is 9.44. The van der Waals surface area contributed by atoms with Crippen LogP contribution in [0.4, 0.5) is 4.39 Å². The summed E-state index contributed by atoms with van der Waals surface area (Å²) in [6, 6.07) is 7.87. The Morgan fingerprint density at radius 2 is 1.81 bits per heavy atom. The van der Waals surface area contributed by atoms with Crippen molar-refractivity contribution < 1.29 is 18.7 Å². The Labute approximate surface area is 184 Å². The van der Waals surface area contributed by atoms with Crippen LogP contribution in [0.1, 0.15) is 53.8 Å². The lowest BCUT2D eigenvalue weighted by Gasteiger charge is -2.70. The summed E-state index contributed by atoms with van der Waals surface area (Å²) in [5.41, 5.74) is 2.20. The third-order valence-electron chi connectivity index (χ3n) is 6.49. The molecule has 8 heteroatoms. The number of benzene rings is 1. The molecule has 1 heterocycles. The molecule has 0 unspecified atom stereocenters. The third-order valence-corrected chi connectivity index (χ3v) is 6.79. The number of aromatic nitrogens is 1. The standard InChI is InChI=1S/C23H23ClFN3O3/c24-16-7-6-15(9-17(16)25)31-10-20(29)27-22-11-23(12-22,13-22)28-21(30)19-8-5-14-3-1-2-4-18(14)26-19/h5-9H,1-4,10-13H2,(H,27,29)(H,28,30). The van der Waals surface area contributed by atoms with Crippen LogP contribution in [-0.2, 0) is 17.6 Å². The van der Waals surface area contributed by atoms with Crippen molar-refractivity contribution in [3.8, 4) is 5.75 Å². The Morgan fingerprint density at radius 1 is 1.06 bits per heavy atom. The van der Waals surface area contributed by atoms with Crippen molar-refractivity contribution >= 4 is 23.4 Å². The Balaban J connectivity index is 1.10. The Bertz CT molecular complexity index is 1050. The first-order valence-corrected chi connectivity index (χ1v) is 10.9. The Kier molecular flexibility index (Phi) is 4.88. The second-order valence-corrected chi connectivity index (χ2v) is 9.37. The largest absolute Gasteiger partial charge is 0.484 e. The van der Waals surface area contributed by atoms with E-state index in [2.05, 4.69) is 15.6 Å². The highest BCUT2D eigenvalue weighted by atomic mass is 35.5. The fraction of sp³-hybridized carbons (Fsp3) is 0.435. The molecule has 3 saturated carbocycles. The highest BCUT2D eigenvalue weighted by Gasteiger charge is 2.69. The third kappa shape index (κ3) is 3.87. The zero-order valence-corrected chi connectivity index (χ0v) is 17.7. The van der Waals surface area contributed by atoms with Gasteiger partial charge >= 0.3 is 0 Å². The van der Waals surface area contributed by atoms with Crippen LogP contribution < -0.4 is 15.4 Å². The molecule has 1 aromatic heterocycles. The minimum absolute atomic E-state index is 0.00333. The van der Waals surface area contributed by atoms with Crippen LogP contribution in [0.15, 0.2) is 30.3 Å². The van der Waals surface area contributed by atoms with E-state index < -0.39 is 5.82 Å². The highest BCUT2D eigenvalue weighted by Crippen LogP contribution is 2.60. The molecule has 4 aliphatic rings. The van der Waals surface area contributed by atoms with Gasteiger partial charge in [0.1, 0.15) is 17.3 Å². The predicted molar refractivity (Wildman–Crippen MR) is 113 cm³/mol. The number of ether oxygens (including phenoxy) is 1. The zero-order chi connectivity index (χ0) is 21.6. The molecule has 2 bridgehead atoms. The summed E-state index contributed by atoms with van der Waals surface area (Å²) in [5.74, 6) is -0.770. The molecule has 0 aliphatic heterocycles. The van der Waals surface area contributed by atoms with Gasteiger partial charge in [-0.25, -0.2) is 9.37 Å². The van der Waals surface area contributed by atoms with Gasteiger partial charge in [0.25, 0.3) is 11.8 Å². The Morgan fingerprint density at radius 3 is 2.58 bits per heavy atom. The number of fused-ring (bicyclic) bond motifs is 1. The van der Waals surface area contributed by atoms with E-state index in [1.807, 2.05) is 6.07 Å². The average Bonchev–Trinajstić information content (AvgIpc) is 2.71. The summed E-state index contributed by atoms with van der Waals surface area (Å²) in [6.45, 7) is -0.207. The van der Waals surface area contributed by atoms with E-state index >= 15 is 0 Å². The molecule has 0 atom stereocenters. The fourth-order valence-electron chi connectivity index (χ4n) is 5.11. The van der Waals surface area contributed by atoms with Gasteiger partial charge in [-0.1, -0.05) is 17.7 Å². The van der Waals surface area contributed by atoms with Crippen molar-refractivity contribution in [1.82, 2.24) is 15.6 Å². The number of rotatable bonds is 6. The number of carbonyl (C=O) groups excluding carboxylic acids is 2. The van der Waals surface area contributed by atoms with Gasteiger partial charge in [-0.05, 0) is 68.7 Å². The summed E-state index contributed by atoms with van der Waals surface area (Å²) in [6.07, 6.45) is 6.34. The maximum Gasteiger partial charge on any atom is 0.270 e. The summed E-state index contributed by atoms with van der Waals surface area (Å²) in [5, 5.41) is 6.10. The molecular weight excluding hydrogens is 421 g/mol. The van der Waals surface area contributed by atoms with E-state index in [0.29, 0.717) is 25.0 Å². The molecule has 2 N–H and O–H groups in total. The maximum absolute atomic E-state index is 13.4. The molecule has 0 saturated heterocycles. The van der Waals surface area contributed by atoms with Gasteiger partial charge in [0.2, 0.25) is 0 Å². The second kappa shape index (κ2) is 7.48. The molecule has 31 heavy (non-hydrogen) atoms. The Hall–Kier alpha value is -2.67. The number of hydrogen-bond acceptors (Lipinski definition) is 4. The molecular formula is C23H23ClFN3O3. The molecule has 1 aromatic carbocycles. The van der Waals surface area contributed by atoms with Gasteiger partial charge in [-0.3, -0.25) is 9.59 Å². The minimum atomic E-state index is -0.593. The van der Waals surface area contributed by atoms with Crippen LogP contribution in [0, 0.1) is 5.82 Å². The number of aryl methyl sites for hydroxylation is 2. The van der Waals surface area contributed by atoms with Gasteiger partial charge in [-0.2, -0.15) is 0 Å². The zero-order valence-electron chi connectivity index (χ0n) is 17.0. The molecule has 0 spiro atoms. The second-order valence-electron chi connectivity index (χ2n) is 8.97. The average molecular weight is 444 g/mol. The van der Waals surface area contributed by atoms with Crippen LogP contribution >= 0.6 is 11.6 Å². The highest BCUT2D eigenvalue weighted by molar-refractivity contribution is 6.30. The lowest BCUT2D eigenvalue weighted by molar-refractivity contribution is -0.141. The molecule has 2 amide bonds. The molecule has 0 radical (unpaired) electrons. The first-order valence-electron chi connectivity index (χ1n) is 10.6. The first-order chi connectivity index (χ1) is 14.9. The monoisotopic (exact) mass is 443 g/mol. The normalized spacial score (nSPS) is 25.5. The SMILES string of the molecule is O=C(COc1ccc(Cl)c(F)c1)NC12CC(NC(=O)c3ccc4c(n3)CCCC4)(C1)C2. The van der Waals surface area contributed by atoms with Crippen LogP contribution in [0.5, 0.6) is 5.75 Å². The van der Waals surface area contributed by atoms with Crippen molar-refractivity contribution in [3.63, 3.8) is 0 Å². The summed E-state index contributed by atoms with van der Waals surface area (Å²) in [7, 11) is 0. The van der Waals surface area contributed by atoms with Crippen LogP contribution in [0.25, 0.3) is 0 Å². The van der Waals surface area contributed by atoms with E-state index in [4.69, 9.17) is 16.3 Å². The number of pyridine rings is 1. The summed E-state index contributed by atoms with van der Waals surface area (Å²) < 4.78 is 18.8. The van der Waals surface area contributed by atoms with Gasteiger partial charge in [0.15, 0.2) is 6.61 Å². The van der Waals surface area contributed by atoms with E-state index in [0.717, 1.165) is 31.0 Å². The van der Waals surface area contributed by atoms with Gasteiger partial charge < -0.3 is 15.4 Å². The lowest BCUT2D eigenvalue weighted by Crippen LogP contribution is -2.84. The number of nitrogens with zero attached hydrogens (tertiary/aromatic N) is 1. The van der Waals surface area contributed by atoms with Crippen molar-refractivity contribution in [3.05, 3.63) is 58.1 Å². The van der Waals surface area contributed by atoms with Gasteiger partial charge in [-0.15, -0.1) is 0 Å². The van der Waals surface area contributed by atoms with E-state index in [1.165, 1.54) is 24.1 Å². The smallest absolute Gasteiger partial charge is 0.270 e. The quantitative estimate of drug-likeness (QED) is 0.717. The van der Waals surface area contributed by atoms with Crippen molar-refractivity contribution in [2.24, 2.45) is 0 Å². The number of nitrogens with one attached hydrogen (secondary N) is 2. The number of amides is 2. The van der Waals surface area contributed by atoms with E-state index in [1.54, 1.807) is 6.07 Å². The first kappa shape index (κ1) is 20.2. The van der Waals surface area contributed by atoms with Gasteiger partial charge in [0.05, 0.1) is 5.02 Å². The molecule has 6 nitrogen and oxygen atoms in total. The van der Waals surface area contributed by atoms with Crippen LogP contribution in [0.2, 0.25) is 5.02 Å². The van der Waals surface area contributed by atoms with Crippen LogP contribution in [-0.4, -0.2) is 34.5 Å². The van der Waals surface area contributed by atoms with Crippen molar-refractivity contribution in [2.45, 2.75) is 56.0 Å². The maximum atomic E-state index is 13.4. The molecule has 162 valence electrons.